The molecular formula is C13H17Cl3O. The Morgan fingerprint density at radius 2 is 1.59 bits per heavy atom. The van der Waals surface area contributed by atoms with E-state index in [0.717, 1.165) is 37.2 Å². The molecule has 4 heteroatoms. The number of ether oxygens (including phenoxy) is 1. The third-order valence-electron chi connectivity index (χ3n) is 3.35. The maximum atomic E-state index is 6.21. The Hall–Kier alpha value is 0.150. The summed E-state index contributed by atoms with van der Waals surface area (Å²) < 4.78 is 5.86. The van der Waals surface area contributed by atoms with Crippen LogP contribution < -0.4 is 0 Å². The minimum absolute atomic E-state index is 0.0187. The zero-order chi connectivity index (χ0) is 12.4. The highest BCUT2D eigenvalue weighted by atomic mass is 35.5. The van der Waals surface area contributed by atoms with E-state index in [1.807, 2.05) is 12.2 Å². The molecule has 1 nitrogen and oxygen atoms in total. The van der Waals surface area contributed by atoms with Gasteiger partial charge in [0.25, 0.3) is 0 Å². The summed E-state index contributed by atoms with van der Waals surface area (Å²) in [6.07, 6.45) is 7.71. The molecule has 0 aromatic heterocycles. The van der Waals surface area contributed by atoms with E-state index in [4.69, 9.17) is 39.5 Å². The normalized spacial score (nSPS) is 38.4. The standard InChI is InChI=1S/C13H17Cl3O/c1-8-2-3-9(6-12(8)15)17-10-4-5-11(14)13(16)7-10/h6-8,11-13H,2-5H2,1H3. The van der Waals surface area contributed by atoms with Gasteiger partial charge in [0, 0.05) is 12.8 Å². The predicted octanol–water partition coefficient (Wildman–Crippen LogP) is 4.82. The Morgan fingerprint density at radius 1 is 1.00 bits per heavy atom. The molecule has 0 saturated carbocycles. The number of alkyl halides is 3. The maximum Gasteiger partial charge on any atom is 0.101 e. The summed E-state index contributed by atoms with van der Waals surface area (Å²) in [6.45, 7) is 2.16. The van der Waals surface area contributed by atoms with Crippen molar-refractivity contribution in [3.05, 3.63) is 23.7 Å². The molecule has 0 bridgehead atoms. The van der Waals surface area contributed by atoms with Crippen LogP contribution in [0.3, 0.4) is 0 Å². The average Bonchev–Trinajstić information content (AvgIpc) is 2.29. The predicted molar refractivity (Wildman–Crippen MR) is 73.8 cm³/mol. The average molecular weight is 296 g/mol. The molecule has 96 valence electrons. The van der Waals surface area contributed by atoms with Gasteiger partial charge in [-0.1, -0.05) is 6.92 Å². The minimum atomic E-state index is -0.129. The largest absolute Gasteiger partial charge is 0.467 e. The first-order valence-corrected chi connectivity index (χ1v) is 7.38. The molecule has 0 aromatic carbocycles. The highest BCUT2D eigenvalue weighted by Crippen LogP contribution is 2.32. The van der Waals surface area contributed by atoms with Gasteiger partial charge < -0.3 is 4.74 Å². The van der Waals surface area contributed by atoms with Crippen LogP contribution in [0.15, 0.2) is 23.7 Å². The van der Waals surface area contributed by atoms with Gasteiger partial charge in [-0.3, -0.25) is 0 Å². The zero-order valence-electron chi connectivity index (χ0n) is 9.83. The lowest BCUT2D eigenvalue weighted by Crippen LogP contribution is -2.20. The number of hydrogen-bond donors (Lipinski definition) is 0. The fourth-order valence-corrected chi connectivity index (χ4v) is 2.81. The van der Waals surface area contributed by atoms with Gasteiger partial charge in [0.05, 0.1) is 16.1 Å². The third kappa shape index (κ3) is 3.56. The Bertz CT molecular complexity index is 306. The first kappa shape index (κ1) is 13.6. The number of allylic oxidation sites excluding steroid dienone is 4. The van der Waals surface area contributed by atoms with Gasteiger partial charge in [0.2, 0.25) is 0 Å². The highest BCUT2D eigenvalue weighted by molar-refractivity contribution is 6.31. The Balaban J connectivity index is 1.98. The molecule has 0 fully saturated rings. The van der Waals surface area contributed by atoms with E-state index in [2.05, 4.69) is 6.92 Å². The van der Waals surface area contributed by atoms with E-state index in [1.54, 1.807) is 0 Å². The van der Waals surface area contributed by atoms with Crippen LogP contribution in [0.4, 0.5) is 0 Å². The first-order valence-electron chi connectivity index (χ1n) is 6.07. The monoisotopic (exact) mass is 294 g/mol. The van der Waals surface area contributed by atoms with Crippen LogP contribution in [0.2, 0.25) is 0 Å². The third-order valence-corrected chi connectivity index (χ3v) is 4.96. The van der Waals surface area contributed by atoms with Crippen LogP contribution in [0.25, 0.3) is 0 Å². The van der Waals surface area contributed by atoms with Gasteiger partial charge in [-0.2, -0.15) is 0 Å². The van der Waals surface area contributed by atoms with E-state index < -0.39 is 0 Å². The first-order chi connectivity index (χ1) is 8.06. The van der Waals surface area contributed by atoms with Crippen LogP contribution in [0.5, 0.6) is 0 Å². The van der Waals surface area contributed by atoms with Crippen molar-refractivity contribution in [2.45, 2.75) is 48.7 Å². The zero-order valence-corrected chi connectivity index (χ0v) is 12.1. The van der Waals surface area contributed by atoms with Crippen molar-refractivity contribution in [1.82, 2.24) is 0 Å². The molecule has 17 heavy (non-hydrogen) atoms. The van der Waals surface area contributed by atoms with Gasteiger partial charge in [0.15, 0.2) is 0 Å². The SMILES string of the molecule is CC1CCC(OC2=CC(Cl)C(Cl)CC2)=CC1Cl. The fraction of sp³-hybridized carbons (Fsp3) is 0.692. The summed E-state index contributed by atoms with van der Waals surface area (Å²) in [5.41, 5.74) is 0. The molecule has 2 aliphatic rings. The molecule has 0 radical (unpaired) electrons. The lowest BCUT2D eigenvalue weighted by atomic mass is 9.94. The van der Waals surface area contributed by atoms with Crippen molar-refractivity contribution in [2.75, 3.05) is 0 Å². The molecule has 0 saturated heterocycles. The van der Waals surface area contributed by atoms with E-state index in [9.17, 15) is 0 Å². The van der Waals surface area contributed by atoms with Gasteiger partial charge >= 0.3 is 0 Å². The van der Waals surface area contributed by atoms with Gasteiger partial charge in [0.1, 0.15) is 11.5 Å². The summed E-state index contributed by atoms with van der Waals surface area (Å²) in [6, 6.07) is 0. The minimum Gasteiger partial charge on any atom is -0.467 e. The Labute approximate surface area is 118 Å². The van der Waals surface area contributed by atoms with Crippen molar-refractivity contribution in [3.63, 3.8) is 0 Å². The molecule has 0 aliphatic heterocycles. The van der Waals surface area contributed by atoms with Crippen LogP contribution in [0.1, 0.15) is 32.6 Å². The Kier molecular flexibility index (Phi) is 4.68. The number of rotatable bonds is 2. The van der Waals surface area contributed by atoms with Crippen molar-refractivity contribution in [1.29, 1.82) is 0 Å². The van der Waals surface area contributed by atoms with Gasteiger partial charge in [-0.25, -0.2) is 0 Å². The molecular weight excluding hydrogens is 279 g/mol. The topological polar surface area (TPSA) is 9.23 Å². The van der Waals surface area contributed by atoms with Crippen molar-refractivity contribution >= 4 is 34.8 Å². The lowest BCUT2D eigenvalue weighted by molar-refractivity contribution is 0.250. The van der Waals surface area contributed by atoms with Crippen LogP contribution >= 0.6 is 34.8 Å². The van der Waals surface area contributed by atoms with E-state index in [-0.39, 0.29) is 16.1 Å². The molecule has 0 heterocycles. The molecule has 4 atom stereocenters. The molecule has 0 aromatic rings. The summed E-state index contributed by atoms with van der Waals surface area (Å²) in [4.78, 5) is 0. The number of hydrogen-bond acceptors (Lipinski definition) is 1. The smallest absolute Gasteiger partial charge is 0.101 e. The van der Waals surface area contributed by atoms with Crippen LogP contribution in [-0.2, 0) is 4.74 Å². The van der Waals surface area contributed by atoms with Gasteiger partial charge in [-0.05, 0) is 30.9 Å². The second kappa shape index (κ2) is 5.86. The quantitative estimate of drug-likeness (QED) is 0.664. The molecule has 4 unspecified atom stereocenters. The summed E-state index contributed by atoms with van der Waals surface area (Å²) in [7, 11) is 0. The summed E-state index contributed by atoms with van der Waals surface area (Å²) in [5.74, 6) is 2.44. The van der Waals surface area contributed by atoms with E-state index in [1.165, 1.54) is 0 Å². The van der Waals surface area contributed by atoms with Crippen molar-refractivity contribution in [3.8, 4) is 0 Å². The summed E-state index contributed by atoms with van der Waals surface area (Å²) >= 11 is 18.4. The second-order valence-electron chi connectivity index (χ2n) is 4.83. The Morgan fingerprint density at radius 3 is 2.18 bits per heavy atom. The van der Waals surface area contributed by atoms with Crippen molar-refractivity contribution in [2.24, 2.45) is 5.92 Å². The molecule has 2 aliphatic carbocycles. The molecule has 0 amide bonds. The van der Waals surface area contributed by atoms with Crippen LogP contribution in [0, 0.1) is 5.92 Å². The second-order valence-corrected chi connectivity index (χ2v) is 6.40. The molecule has 2 rings (SSSR count). The highest BCUT2D eigenvalue weighted by Gasteiger charge is 2.24. The molecule has 0 spiro atoms. The molecule has 0 N–H and O–H groups in total. The van der Waals surface area contributed by atoms with Crippen molar-refractivity contribution < 1.29 is 4.74 Å². The number of halogens is 3. The van der Waals surface area contributed by atoms with Crippen LogP contribution in [-0.4, -0.2) is 16.1 Å². The van der Waals surface area contributed by atoms with Gasteiger partial charge in [-0.15, -0.1) is 34.8 Å². The maximum absolute atomic E-state index is 6.21. The summed E-state index contributed by atoms with van der Waals surface area (Å²) in [5, 5.41) is -0.0315. The van der Waals surface area contributed by atoms with E-state index in [0.29, 0.717) is 5.92 Å². The lowest BCUT2D eigenvalue weighted by Gasteiger charge is -2.26. The fourth-order valence-electron chi connectivity index (χ4n) is 2.10. The van der Waals surface area contributed by atoms with E-state index >= 15 is 0 Å².